The van der Waals surface area contributed by atoms with Gasteiger partial charge in [-0.2, -0.15) is 0 Å². The van der Waals surface area contributed by atoms with Crippen LogP contribution in [-0.2, 0) is 9.53 Å². The van der Waals surface area contributed by atoms with Gasteiger partial charge >= 0.3 is 6.09 Å². The highest BCUT2D eigenvalue weighted by Crippen LogP contribution is 2.06. The summed E-state index contributed by atoms with van der Waals surface area (Å²) >= 11 is 0. The normalized spacial score (nSPS) is 13.1. The number of nitrogens with one attached hydrogen (secondary N) is 1. The van der Waals surface area contributed by atoms with E-state index in [1.165, 1.54) is 0 Å². The summed E-state index contributed by atoms with van der Waals surface area (Å²) in [5.41, 5.74) is -0.695. The van der Waals surface area contributed by atoms with E-state index in [2.05, 4.69) is 5.32 Å². The standard InChI is InChI=1S/C9H17NO5/c1-9(2,3)15-8(14)10-6(4-5-11)7(12)13/h6,11H,4-5H2,1-3H3,(H,10,14)(H,12,13)/p-1. The number of carboxylic acids is 1. The second-order valence-corrected chi connectivity index (χ2v) is 4.03. The highest BCUT2D eigenvalue weighted by atomic mass is 16.6. The van der Waals surface area contributed by atoms with Gasteiger partial charge in [-0.25, -0.2) is 4.79 Å². The molecule has 0 saturated heterocycles. The number of carboxylic acid groups (broad SMARTS) is 1. The lowest BCUT2D eigenvalue weighted by Crippen LogP contribution is -2.49. The number of rotatable bonds is 4. The van der Waals surface area contributed by atoms with Crippen LogP contribution in [0.15, 0.2) is 0 Å². The van der Waals surface area contributed by atoms with Crippen LogP contribution in [0.25, 0.3) is 0 Å². The van der Waals surface area contributed by atoms with Crippen molar-refractivity contribution in [2.75, 3.05) is 6.61 Å². The Morgan fingerprint density at radius 2 is 2.00 bits per heavy atom. The molecule has 0 heterocycles. The van der Waals surface area contributed by atoms with Gasteiger partial charge in [0.25, 0.3) is 0 Å². The Balaban J connectivity index is 4.18. The molecular weight excluding hydrogens is 202 g/mol. The van der Waals surface area contributed by atoms with Crippen LogP contribution in [0.1, 0.15) is 27.2 Å². The molecule has 0 aromatic rings. The second kappa shape index (κ2) is 5.55. The number of carbonyl (C=O) groups excluding carboxylic acids is 2. The van der Waals surface area contributed by atoms with Gasteiger partial charge in [-0.1, -0.05) is 0 Å². The van der Waals surface area contributed by atoms with Gasteiger partial charge in [0.05, 0.1) is 12.0 Å². The fourth-order valence-corrected chi connectivity index (χ4v) is 0.828. The Morgan fingerprint density at radius 3 is 2.33 bits per heavy atom. The number of aliphatic hydroxyl groups is 1. The predicted octanol–water partition coefficient (Wildman–Crippen LogP) is -0.988. The zero-order valence-corrected chi connectivity index (χ0v) is 9.07. The van der Waals surface area contributed by atoms with Crippen molar-refractivity contribution in [3.8, 4) is 0 Å². The van der Waals surface area contributed by atoms with Gasteiger partial charge in [0, 0.05) is 6.61 Å². The number of hydrogen-bond donors (Lipinski definition) is 2. The molecule has 15 heavy (non-hydrogen) atoms. The van der Waals surface area contributed by atoms with Crippen molar-refractivity contribution in [2.45, 2.75) is 38.8 Å². The number of alkyl carbamates (subject to hydrolysis) is 1. The van der Waals surface area contributed by atoms with E-state index in [1.54, 1.807) is 20.8 Å². The molecule has 0 aromatic carbocycles. The Kier molecular flexibility index (Phi) is 5.07. The van der Waals surface area contributed by atoms with Crippen LogP contribution in [0, 0.1) is 0 Å². The molecule has 2 N–H and O–H groups in total. The third-order valence-corrected chi connectivity index (χ3v) is 1.39. The van der Waals surface area contributed by atoms with Gasteiger partial charge in [-0.15, -0.1) is 0 Å². The monoisotopic (exact) mass is 218 g/mol. The van der Waals surface area contributed by atoms with E-state index in [9.17, 15) is 14.7 Å². The van der Waals surface area contributed by atoms with Crippen LogP contribution in [-0.4, -0.2) is 35.4 Å². The maximum atomic E-state index is 11.1. The Bertz CT molecular complexity index is 233. The summed E-state index contributed by atoms with van der Waals surface area (Å²) in [5, 5.41) is 21.1. The summed E-state index contributed by atoms with van der Waals surface area (Å²) in [7, 11) is 0. The van der Waals surface area contributed by atoms with Crippen LogP contribution in [0.4, 0.5) is 4.79 Å². The van der Waals surface area contributed by atoms with E-state index in [0.29, 0.717) is 0 Å². The van der Waals surface area contributed by atoms with Crippen molar-refractivity contribution >= 4 is 12.1 Å². The maximum absolute atomic E-state index is 11.1. The fourth-order valence-electron chi connectivity index (χ4n) is 0.828. The zero-order chi connectivity index (χ0) is 12.1. The van der Waals surface area contributed by atoms with Gasteiger partial charge < -0.3 is 25.1 Å². The predicted molar refractivity (Wildman–Crippen MR) is 49.9 cm³/mol. The van der Waals surface area contributed by atoms with Crippen molar-refractivity contribution < 1.29 is 24.5 Å². The minimum absolute atomic E-state index is 0.110. The van der Waals surface area contributed by atoms with Gasteiger partial charge in [0.1, 0.15) is 5.60 Å². The van der Waals surface area contributed by atoms with Crippen LogP contribution in [0.5, 0.6) is 0 Å². The minimum atomic E-state index is -1.45. The van der Waals surface area contributed by atoms with Crippen molar-refractivity contribution in [3.63, 3.8) is 0 Å². The lowest BCUT2D eigenvalue weighted by molar-refractivity contribution is -0.308. The molecule has 0 aromatic heterocycles. The number of amides is 1. The molecule has 1 unspecified atom stereocenters. The van der Waals surface area contributed by atoms with Crippen molar-refractivity contribution in [2.24, 2.45) is 0 Å². The molecule has 0 fully saturated rings. The molecular formula is C9H16NO5-. The summed E-state index contributed by atoms with van der Waals surface area (Å²) in [5.74, 6) is -1.45. The molecule has 88 valence electrons. The second-order valence-electron chi connectivity index (χ2n) is 4.03. The molecule has 0 saturated carbocycles. The Hall–Kier alpha value is -1.30. The SMILES string of the molecule is CC(C)(C)OC(=O)NC(CCO)C(=O)[O-]. The Labute approximate surface area is 88.2 Å². The third kappa shape index (κ3) is 6.73. The molecule has 0 aliphatic heterocycles. The summed E-state index contributed by atoms with van der Waals surface area (Å²) in [4.78, 5) is 21.6. The molecule has 0 aliphatic carbocycles. The summed E-state index contributed by atoms with van der Waals surface area (Å²) in [6.45, 7) is 4.63. The lowest BCUT2D eigenvalue weighted by atomic mass is 10.2. The molecule has 0 spiro atoms. The van der Waals surface area contributed by atoms with Crippen LogP contribution >= 0.6 is 0 Å². The molecule has 6 heteroatoms. The van der Waals surface area contributed by atoms with Crippen molar-refractivity contribution in [1.29, 1.82) is 0 Å². The third-order valence-electron chi connectivity index (χ3n) is 1.39. The molecule has 0 bridgehead atoms. The van der Waals surface area contributed by atoms with Gasteiger partial charge in [-0.05, 0) is 27.2 Å². The average Bonchev–Trinajstić information content (AvgIpc) is 1.99. The summed E-state index contributed by atoms with van der Waals surface area (Å²) < 4.78 is 4.84. The molecule has 0 rings (SSSR count). The fraction of sp³-hybridized carbons (Fsp3) is 0.778. The van der Waals surface area contributed by atoms with Crippen LogP contribution in [0.3, 0.4) is 0 Å². The molecule has 1 amide bonds. The van der Waals surface area contributed by atoms with E-state index in [4.69, 9.17) is 9.84 Å². The van der Waals surface area contributed by atoms with Crippen molar-refractivity contribution in [3.05, 3.63) is 0 Å². The van der Waals surface area contributed by atoms with E-state index in [1.807, 2.05) is 0 Å². The number of carbonyl (C=O) groups is 2. The van der Waals surface area contributed by atoms with Crippen LogP contribution < -0.4 is 10.4 Å². The van der Waals surface area contributed by atoms with E-state index in [0.717, 1.165) is 0 Å². The number of ether oxygens (including phenoxy) is 1. The quantitative estimate of drug-likeness (QED) is 0.631. The van der Waals surface area contributed by atoms with Crippen LogP contribution in [0.2, 0.25) is 0 Å². The number of aliphatic carboxylic acids is 1. The zero-order valence-electron chi connectivity index (χ0n) is 9.07. The first-order chi connectivity index (χ1) is 6.76. The van der Waals surface area contributed by atoms with E-state index >= 15 is 0 Å². The summed E-state index contributed by atoms with van der Waals surface area (Å²) in [6, 6.07) is -1.23. The Morgan fingerprint density at radius 1 is 1.47 bits per heavy atom. The molecule has 0 aliphatic rings. The van der Waals surface area contributed by atoms with Gasteiger partial charge in [0.2, 0.25) is 0 Å². The average molecular weight is 218 g/mol. The topological polar surface area (TPSA) is 98.7 Å². The smallest absolute Gasteiger partial charge is 0.408 e. The first-order valence-electron chi connectivity index (χ1n) is 4.57. The molecule has 6 nitrogen and oxygen atoms in total. The summed E-state index contributed by atoms with van der Waals surface area (Å²) in [6.07, 6.45) is -0.952. The van der Waals surface area contributed by atoms with Crippen molar-refractivity contribution in [1.82, 2.24) is 5.32 Å². The maximum Gasteiger partial charge on any atom is 0.408 e. The largest absolute Gasteiger partial charge is 0.548 e. The number of aliphatic hydroxyl groups excluding tert-OH is 1. The first-order valence-corrected chi connectivity index (χ1v) is 4.57. The lowest BCUT2D eigenvalue weighted by Gasteiger charge is -2.23. The number of hydrogen-bond acceptors (Lipinski definition) is 5. The van der Waals surface area contributed by atoms with E-state index < -0.39 is 23.7 Å². The highest BCUT2D eigenvalue weighted by molar-refractivity contribution is 5.78. The molecule has 0 radical (unpaired) electrons. The highest BCUT2D eigenvalue weighted by Gasteiger charge is 2.19. The first kappa shape index (κ1) is 13.7. The van der Waals surface area contributed by atoms with E-state index in [-0.39, 0.29) is 13.0 Å². The molecule has 1 atom stereocenters. The van der Waals surface area contributed by atoms with Gasteiger partial charge in [0.15, 0.2) is 0 Å². The minimum Gasteiger partial charge on any atom is -0.548 e. The van der Waals surface area contributed by atoms with Gasteiger partial charge in [-0.3, -0.25) is 0 Å².